The number of hydrogen-bond donors (Lipinski definition) is 2. The molecule has 0 bridgehead atoms. The maximum absolute atomic E-state index is 11.7. The minimum atomic E-state index is -0.459. The van der Waals surface area contributed by atoms with Gasteiger partial charge in [0.05, 0.1) is 22.9 Å². The van der Waals surface area contributed by atoms with Crippen LogP contribution in [0, 0.1) is 0 Å². The van der Waals surface area contributed by atoms with Gasteiger partial charge in [0.25, 0.3) is 5.91 Å². The van der Waals surface area contributed by atoms with Crippen molar-refractivity contribution < 1.29 is 14.0 Å². The Morgan fingerprint density at radius 3 is 2.60 bits per heavy atom. The highest BCUT2D eigenvalue weighted by molar-refractivity contribution is 6.42. The fraction of sp³-hybridized carbons (Fsp3) is 0.0769. The highest BCUT2D eigenvalue weighted by Crippen LogP contribution is 2.24. The Labute approximate surface area is 124 Å². The first-order valence-corrected chi connectivity index (χ1v) is 6.38. The number of anilines is 1. The largest absolute Gasteiger partial charge is 0.459 e. The van der Waals surface area contributed by atoms with Crippen LogP contribution < -0.4 is 10.6 Å². The van der Waals surface area contributed by atoms with Gasteiger partial charge < -0.3 is 15.1 Å². The summed E-state index contributed by atoms with van der Waals surface area (Å²) >= 11 is 11.6. The van der Waals surface area contributed by atoms with Crippen molar-refractivity contribution in [3.05, 3.63) is 52.4 Å². The lowest BCUT2D eigenvalue weighted by Crippen LogP contribution is -2.32. The number of nitrogens with one attached hydrogen (secondary N) is 2. The topological polar surface area (TPSA) is 71.3 Å². The first kappa shape index (κ1) is 14.4. The minimum Gasteiger partial charge on any atom is -0.459 e. The Morgan fingerprint density at radius 2 is 1.95 bits per heavy atom. The molecule has 2 aromatic rings. The number of carbonyl (C=O) groups excluding carboxylic acids is 2. The van der Waals surface area contributed by atoms with E-state index in [2.05, 4.69) is 10.6 Å². The molecule has 1 aromatic heterocycles. The lowest BCUT2D eigenvalue weighted by Gasteiger charge is -2.07. The molecule has 2 amide bonds. The third-order valence-corrected chi connectivity index (χ3v) is 3.10. The van der Waals surface area contributed by atoms with Crippen molar-refractivity contribution in [1.29, 1.82) is 0 Å². The molecule has 0 atom stereocenters. The summed E-state index contributed by atoms with van der Waals surface area (Å²) < 4.78 is 4.90. The Balaban J connectivity index is 1.86. The van der Waals surface area contributed by atoms with Crippen LogP contribution in [-0.4, -0.2) is 18.4 Å². The Morgan fingerprint density at radius 1 is 1.15 bits per heavy atom. The number of carbonyl (C=O) groups is 2. The maximum Gasteiger partial charge on any atom is 0.287 e. The molecule has 104 valence electrons. The molecule has 0 fully saturated rings. The SMILES string of the molecule is O=C(CNC(=O)c1ccco1)Nc1ccc(Cl)c(Cl)c1. The van der Waals surface area contributed by atoms with Gasteiger partial charge in [-0.2, -0.15) is 0 Å². The van der Waals surface area contributed by atoms with Crippen LogP contribution in [0.4, 0.5) is 5.69 Å². The summed E-state index contributed by atoms with van der Waals surface area (Å²) in [5.74, 6) is -0.699. The monoisotopic (exact) mass is 312 g/mol. The Bertz CT molecular complexity index is 627. The van der Waals surface area contributed by atoms with Crippen LogP contribution >= 0.6 is 23.2 Å². The summed E-state index contributed by atoms with van der Waals surface area (Å²) in [7, 11) is 0. The van der Waals surface area contributed by atoms with Crippen molar-refractivity contribution in [3.8, 4) is 0 Å². The van der Waals surface area contributed by atoms with Gasteiger partial charge in [-0.25, -0.2) is 0 Å². The smallest absolute Gasteiger partial charge is 0.287 e. The van der Waals surface area contributed by atoms with Crippen LogP contribution in [0.5, 0.6) is 0 Å². The molecule has 1 heterocycles. The summed E-state index contributed by atoms with van der Waals surface area (Å²) in [4.78, 5) is 23.2. The molecular formula is C13H10Cl2N2O3. The van der Waals surface area contributed by atoms with E-state index in [-0.39, 0.29) is 18.2 Å². The Kier molecular flexibility index (Phi) is 4.65. The zero-order valence-electron chi connectivity index (χ0n) is 10.2. The van der Waals surface area contributed by atoms with Gasteiger partial charge in [-0.15, -0.1) is 0 Å². The van der Waals surface area contributed by atoms with E-state index in [0.29, 0.717) is 15.7 Å². The predicted octanol–water partition coefficient (Wildman–Crippen LogP) is 2.95. The number of halogens is 2. The summed E-state index contributed by atoms with van der Waals surface area (Å²) in [5.41, 5.74) is 0.497. The quantitative estimate of drug-likeness (QED) is 0.911. The summed E-state index contributed by atoms with van der Waals surface area (Å²) in [6.07, 6.45) is 1.38. The van der Waals surface area contributed by atoms with Crippen LogP contribution in [-0.2, 0) is 4.79 Å². The molecule has 5 nitrogen and oxygen atoms in total. The van der Waals surface area contributed by atoms with Gasteiger partial charge in [0, 0.05) is 5.69 Å². The third kappa shape index (κ3) is 3.76. The molecule has 0 aliphatic carbocycles. The second kappa shape index (κ2) is 6.45. The first-order valence-electron chi connectivity index (χ1n) is 5.63. The molecule has 20 heavy (non-hydrogen) atoms. The van der Waals surface area contributed by atoms with E-state index >= 15 is 0 Å². The molecule has 2 rings (SSSR count). The standard InChI is InChI=1S/C13H10Cl2N2O3/c14-9-4-3-8(6-10(9)15)17-12(18)7-16-13(19)11-2-1-5-20-11/h1-6H,7H2,(H,16,19)(H,17,18). The molecule has 1 aromatic carbocycles. The number of hydrogen-bond acceptors (Lipinski definition) is 3. The lowest BCUT2D eigenvalue weighted by molar-refractivity contribution is -0.115. The van der Waals surface area contributed by atoms with Gasteiger partial charge in [0.15, 0.2) is 5.76 Å². The number of amides is 2. The number of rotatable bonds is 4. The minimum absolute atomic E-state index is 0.146. The predicted molar refractivity (Wildman–Crippen MR) is 76.1 cm³/mol. The van der Waals surface area contributed by atoms with Crippen LogP contribution in [0.1, 0.15) is 10.6 Å². The highest BCUT2D eigenvalue weighted by Gasteiger charge is 2.10. The van der Waals surface area contributed by atoms with E-state index < -0.39 is 5.91 Å². The van der Waals surface area contributed by atoms with E-state index in [4.69, 9.17) is 27.6 Å². The average molecular weight is 313 g/mol. The van der Waals surface area contributed by atoms with Crippen molar-refractivity contribution in [2.24, 2.45) is 0 Å². The molecular weight excluding hydrogens is 303 g/mol. The van der Waals surface area contributed by atoms with Crippen LogP contribution in [0.2, 0.25) is 10.0 Å². The Hall–Kier alpha value is -1.98. The van der Waals surface area contributed by atoms with Crippen molar-refractivity contribution in [2.45, 2.75) is 0 Å². The maximum atomic E-state index is 11.7. The first-order chi connectivity index (χ1) is 9.56. The van der Waals surface area contributed by atoms with Crippen molar-refractivity contribution in [2.75, 3.05) is 11.9 Å². The summed E-state index contributed by atoms with van der Waals surface area (Å²) in [5, 5.41) is 5.75. The van der Waals surface area contributed by atoms with Gasteiger partial charge >= 0.3 is 0 Å². The van der Waals surface area contributed by atoms with Gasteiger partial charge in [-0.3, -0.25) is 9.59 Å². The van der Waals surface area contributed by atoms with Gasteiger partial charge in [-0.05, 0) is 30.3 Å². The molecule has 2 N–H and O–H groups in total. The van der Waals surface area contributed by atoms with Gasteiger partial charge in [-0.1, -0.05) is 23.2 Å². The fourth-order valence-corrected chi connectivity index (χ4v) is 1.73. The van der Waals surface area contributed by atoms with Crippen LogP contribution in [0.3, 0.4) is 0 Å². The summed E-state index contributed by atoms with van der Waals surface area (Å²) in [6.45, 7) is -0.181. The molecule has 0 aliphatic heterocycles. The van der Waals surface area contributed by atoms with Crippen molar-refractivity contribution in [3.63, 3.8) is 0 Å². The second-order valence-electron chi connectivity index (χ2n) is 3.84. The average Bonchev–Trinajstić information content (AvgIpc) is 2.94. The van der Waals surface area contributed by atoms with Crippen LogP contribution in [0.15, 0.2) is 41.0 Å². The normalized spacial score (nSPS) is 10.1. The molecule has 0 saturated carbocycles. The molecule has 0 aliphatic rings. The molecule has 0 spiro atoms. The lowest BCUT2D eigenvalue weighted by atomic mass is 10.3. The third-order valence-electron chi connectivity index (χ3n) is 2.36. The van der Waals surface area contributed by atoms with Crippen molar-refractivity contribution in [1.82, 2.24) is 5.32 Å². The molecule has 7 heteroatoms. The van der Waals surface area contributed by atoms with E-state index in [0.717, 1.165) is 0 Å². The van der Waals surface area contributed by atoms with Crippen molar-refractivity contribution >= 4 is 40.7 Å². The number of furan rings is 1. The highest BCUT2D eigenvalue weighted by atomic mass is 35.5. The van der Waals surface area contributed by atoms with E-state index in [1.165, 1.54) is 18.4 Å². The fourth-order valence-electron chi connectivity index (χ4n) is 1.43. The zero-order chi connectivity index (χ0) is 14.5. The van der Waals surface area contributed by atoms with Gasteiger partial charge in [0.2, 0.25) is 5.91 Å². The molecule has 0 unspecified atom stereocenters. The van der Waals surface area contributed by atoms with E-state index in [1.807, 2.05) is 0 Å². The second-order valence-corrected chi connectivity index (χ2v) is 4.65. The van der Waals surface area contributed by atoms with E-state index in [9.17, 15) is 9.59 Å². The molecule has 0 saturated heterocycles. The van der Waals surface area contributed by atoms with E-state index in [1.54, 1.807) is 18.2 Å². The number of benzene rings is 1. The van der Waals surface area contributed by atoms with Crippen LogP contribution in [0.25, 0.3) is 0 Å². The summed E-state index contributed by atoms with van der Waals surface area (Å²) in [6, 6.07) is 7.80. The van der Waals surface area contributed by atoms with Gasteiger partial charge in [0.1, 0.15) is 0 Å². The zero-order valence-corrected chi connectivity index (χ0v) is 11.7. The molecule has 0 radical (unpaired) electrons.